The SMILES string of the molecule is CC(C)NC(=O)N(CCCCNS(=O)(=O)c1ccc(Cl)cc1Cl)[C@@H]1CCCN(CC(=O)Nc2ccccc2)C1. The van der Waals surface area contributed by atoms with Crippen LogP contribution in [0.15, 0.2) is 53.4 Å². The summed E-state index contributed by atoms with van der Waals surface area (Å²) in [6.07, 6.45) is 2.85. The second-order valence-corrected chi connectivity index (χ2v) is 12.5. The molecule has 2 aromatic rings. The third-order valence-electron chi connectivity index (χ3n) is 6.32. The Hall–Kier alpha value is -2.37. The minimum atomic E-state index is -3.78. The highest BCUT2D eigenvalue weighted by atomic mass is 35.5. The van der Waals surface area contributed by atoms with Crippen LogP contribution in [0, 0.1) is 0 Å². The van der Waals surface area contributed by atoms with Gasteiger partial charge in [0.05, 0.1) is 11.6 Å². The number of rotatable bonds is 12. The second kappa shape index (κ2) is 14.9. The first-order chi connectivity index (χ1) is 18.5. The van der Waals surface area contributed by atoms with E-state index in [9.17, 15) is 18.0 Å². The van der Waals surface area contributed by atoms with E-state index in [1.54, 1.807) is 0 Å². The lowest BCUT2D eigenvalue weighted by Crippen LogP contribution is -2.55. The molecule has 0 bridgehead atoms. The number of amides is 3. The van der Waals surface area contributed by atoms with Crippen LogP contribution in [0.3, 0.4) is 0 Å². The molecule has 1 aliphatic rings. The fourth-order valence-corrected chi connectivity index (χ4v) is 6.36. The van der Waals surface area contributed by atoms with Gasteiger partial charge in [-0.3, -0.25) is 9.69 Å². The molecule has 1 fully saturated rings. The Kier molecular flexibility index (Phi) is 11.9. The first-order valence-electron chi connectivity index (χ1n) is 13.1. The van der Waals surface area contributed by atoms with E-state index in [2.05, 4.69) is 20.3 Å². The van der Waals surface area contributed by atoms with Gasteiger partial charge in [-0.1, -0.05) is 41.4 Å². The Labute approximate surface area is 241 Å². The lowest BCUT2D eigenvalue weighted by molar-refractivity contribution is -0.117. The van der Waals surface area contributed by atoms with E-state index in [0.717, 1.165) is 25.1 Å². The number of benzene rings is 2. The van der Waals surface area contributed by atoms with Crippen LogP contribution in [-0.2, 0) is 14.8 Å². The summed E-state index contributed by atoms with van der Waals surface area (Å²) in [6.45, 7) is 6.12. The zero-order valence-corrected chi connectivity index (χ0v) is 24.7. The summed E-state index contributed by atoms with van der Waals surface area (Å²) in [4.78, 5) is 29.5. The maximum Gasteiger partial charge on any atom is 0.317 e. The fourth-order valence-electron chi connectivity index (χ4n) is 4.52. The molecular formula is C27H37Cl2N5O4S. The molecule has 12 heteroatoms. The van der Waals surface area contributed by atoms with Crippen LogP contribution in [0.4, 0.5) is 10.5 Å². The summed E-state index contributed by atoms with van der Waals surface area (Å²) < 4.78 is 27.8. The largest absolute Gasteiger partial charge is 0.336 e. The molecule has 0 radical (unpaired) electrons. The van der Waals surface area contributed by atoms with Crippen molar-refractivity contribution in [3.05, 3.63) is 58.6 Å². The molecule has 214 valence electrons. The molecule has 3 rings (SSSR count). The molecule has 3 N–H and O–H groups in total. The molecule has 9 nitrogen and oxygen atoms in total. The summed E-state index contributed by atoms with van der Waals surface area (Å²) in [7, 11) is -3.78. The zero-order chi connectivity index (χ0) is 28.4. The summed E-state index contributed by atoms with van der Waals surface area (Å²) in [6, 6.07) is 13.3. The molecule has 1 saturated heterocycles. The van der Waals surface area contributed by atoms with Gasteiger partial charge in [0.25, 0.3) is 0 Å². The van der Waals surface area contributed by atoms with Crippen molar-refractivity contribution in [1.29, 1.82) is 0 Å². The van der Waals surface area contributed by atoms with Gasteiger partial charge in [-0.05, 0) is 76.4 Å². The lowest BCUT2D eigenvalue weighted by atomic mass is 10.0. The number of piperidine rings is 1. The van der Waals surface area contributed by atoms with E-state index in [-0.39, 0.29) is 47.0 Å². The number of hydrogen-bond acceptors (Lipinski definition) is 5. The predicted molar refractivity (Wildman–Crippen MR) is 156 cm³/mol. The first-order valence-corrected chi connectivity index (χ1v) is 15.4. The minimum Gasteiger partial charge on any atom is -0.336 e. The molecule has 0 aromatic heterocycles. The van der Waals surface area contributed by atoms with Gasteiger partial charge in [0.15, 0.2) is 0 Å². The Bertz CT molecular complexity index is 1210. The standard InChI is InChI=1S/C27H37Cl2N5O4S/c1-20(2)31-27(36)34(16-7-6-14-30-39(37,38)25-13-12-21(28)17-24(25)29)23-11-8-15-33(18-23)19-26(35)32-22-9-4-3-5-10-22/h3-5,9-10,12-13,17,20,23,30H,6-8,11,14-16,18-19H2,1-2H3,(H,31,36)(H,32,35)/t23-/m1/s1. The van der Waals surface area contributed by atoms with Crippen molar-refractivity contribution in [3.63, 3.8) is 0 Å². The minimum absolute atomic E-state index is 0.0210. The number of carbonyl (C=O) groups excluding carboxylic acids is 2. The molecule has 0 aliphatic carbocycles. The first kappa shape index (κ1) is 31.2. The lowest BCUT2D eigenvalue weighted by Gasteiger charge is -2.39. The number of hydrogen-bond donors (Lipinski definition) is 3. The molecule has 3 amide bonds. The summed E-state index contributed by atoms with van der Waals surface area (Å²) >= 11 is 11.9. The number of nitrogens with one attached hydrogen (secondary N) is 3. The Morgan fingerprint density at radius 3 is 2.54 bits per heavy atom. The van der Waals surface area contributed by atoms with Crippen molar-refractivity contribution >= 4 is 50.9 Å². The number of anilines is 1. The van der Waals surface area contributed by atoms with Crippen LogP contribution in [0.1, 0.15) is 39.5 Å². The number of carbonyl (C=O) groups is 2. The molecule has 39 heavy (non-hydrogen) atoms. The molecule has 1 atom stereocenters. The van der Waals surface area contributed by atoms with Crippen LogP contribution in [0.25, 0.3) is 0 Å². The van der Waals surface area contributed by atoms with Gasteiger partial charge in [-0.2, -0.15) is 0 Å². The number of nitrogens with zero attached hydrogens (tertiary/aromatic N) is 2. The van der Waals surface area contributed by atoms with Crippen molar-refractivity contribution < 1.29 is 18.0 Å². The van der Waals surface area contributed by atoms with Gasteiger partial charge in [0.1, 0.15) is 4.90 Å². The van der Waals surface area contributed by atoms with E-state index >= 15 is 0 Å². The second-order valence-electron chi connectivity index (χ2n) is 9.92. The normalized spacial score (nSPS) is 16.2. The highest BCUT2D eigenvalue weighted by molar-refractivity contribution is 7.89. The molecule has 0 saturated carbocycles. The van der Waals surface area contributed by atoms with Crippen molar-refractivity contribution in [3.8, 4) is 0 Å². The molecular weight excluding hydrogens is 561 g/mol. The molecule has 1 aliphatic heterocycles. The van der Waals surface area contributed by atoms with Crippen LogP contribution < -0.4 is 15.4 Å². The highest BCUT2D eigenvalue weighted by Gasteiger charge is 2.29. The predicted octanol–water partition coefficient (Wildman–Crippen LogP) is 4.58. The maximum absolute atomic E-state index is 13.1. The Balaban J connectivity index is 1.54. The van der Waals surface area contributed by atoms with Crippen molar-refractivity contribution in [2.24, 2.45) is 0 Å². The van der Waals surface area contributed by atoms with Gasteiger partial charge in [-0.15, -0.1) is 0 Å². The molecule has 0 unspecified atom stereocenters. The van der Waals surface area contributed by atoms with Gasteiger partial charge < -0.3 is 15.5 Å². The summed E-state index contributed by atoms with van der Waals surface area (Å²) in [5.74, 6) is -0.0897. The monoisotopic (exact) mass is 597 g/mol. The van der Waals surface area contributed by atoms with Gasteiger partial charge >= 0.3 is 6.03 Å². The van der Waals surface area contributed by atoms with Crippen molar-refractivity contribution in [2.45, 2.75) is 56.5 Å². The average Bonchev–Trinajstić information content (AvgIpc) is 2.86. The quantitative estimate of drug-likeness (QED) is 0.310. The van der Waals surface area contributed by atoms with Gasteiger partial charge in [-0.25, -0.2) is 17.9 Å². The van der Waals surface area contributed by atoms with E-state index in [4.69, 9.17) is 23.2 Å². The molecule has 2 aromatic carbocycles. The van der Waals surface area contributed by atoms with Crippen molar-refractivity contribution in [1.82, 2.24) is 19.8 Å². The van der Waals surface area contributed by atoms with Crippen LogP contribution >= 0.6 is 23.2 Å². The number of likely N-dealkylation sites (tertiary alicyclic amines) is 1. The Morgan fingerprint density at radius 1 is 1.10 bits per heavy atom. The highest BCUT2D eigenvalue weighted by Crippen LogP contribution is 2.25. The summed E-state index contributed by atoms with van der Waals surface area (Å²) in [5.41, 5.74) is 0.753. The van der Waals surface area contributed by atoms with Crippen LogP contribution in [0.5, 0.6) is 0 Å². The molecule has 0 spiro atoms. The van der Waals surface area contributed by atoms with E-state index in [1.165, 1.54) is 18.2 Å². The third-order valence-corrected chi connectivity index (χ3v) is 8.50. The third kappa shape index (κ3) is 9.95. The van der Waals surface area contributed by atoms with Crippen LogP contribution in [-0.4, -0.2) is 75.0 Å². The van der Waals surface area contributed by atoms with E-state index < -0.39 is 10.0 Å². The zero-order valence-electron chi connectivity index (χ0n) is 22.3. The van der Waals surface area contributed by atoms with E-state index in [1.807, 2.05) is 49.1 Å². The van der Waals surface area contributed by atoms with Crippen molar-refractivity contribution in [2.75, 3.05) is 38.0 Å². The number of para-hydroxylation sites is 1. The van der Waals surface area contributed by atoms with Gasteiger partial charge in [0.2, 0.25) is 15.9 Å². The number of unbranched alkanes of at least 4 members (excludes halogenated alkanes) is 1. The smallest absolute Gasteiger partial charge is 0.317 e. The number of halogens is 2. The fraction of sp³-hybridized carbons (Fsp3) is 0.481. The Morgan fingerprint density at radius 2 is 1.85 bits per heavy atom. The van der Waals surface area contributed by atoms with Gasteiger partial charge in [0, 0.05) is 42.4 Å². The number of sulfonamides is 1. The average molecular weight is 599 g/mol. The van der Waals surface area contributed by atoms with Crippen LogP contribution in [0.2, 0.25) is 10.0 Å². The number of urea groups is 1. The summed E-state index contributed by atoms with van der Waals surface area (Å²) in [5, 5.41) is 6.31. The van der Waals surface area contributed by atoms with E-state index in [0.29, 0.717) is 31.0 Å². The maximum atomic E-state index is 13.1. The topological polar surface area (TPSA) is 111 Å². The molecule has 1 heterocycles.